The predicted molar refractivity (Wildman–Crippen MR) is 135 cm³/mol. The molecule has 3 aromatic rings. The van der Waals surface area contributed by atoms with Gasteiger partial charge >= 0.3 is 18.8 Å². The van der Waals surface area contributed by atoms with Gasteiger partial charge in [0, 0.05) is 6.42 Å². The summed E-state index contributed by atoms with van der Waals surface area (Å²) in [6.45, 7) is 1.47. The molecular weight excluding hydrogens is 542 g/mol. The highest BCUT2D eigenvalue weighted by Gasteiger charge is 2.39. The second kappa shape index (κ2) is 12.9. The van der Waals surface area contributed by atoms with E-state index >= 15 is 0 Å². The minimum atomic E-state index is -5.01. The van der Waals surface area contributed by atoms with Crippen LogP contribution in [0.2, 0.25) is 0 Å². The van der Waals surface area contributed by atoms with Gasteiger partial charge in [0.1, 0.15) is 11.5 Å². The number of carbonyl (C=O) groups is 1. The highest BCUT2D eigenvalue weighted by atomic mass is 19.4. The fourth-order valence-corrected chi connectivity index (χ4v) is 4.35. The highest BCUT2D eigenvalue weighted by molar-refractivity contribution is 5.76. The summed E-state index contributed by atoms with van der Waals surface area (Å²) in [6.07, 6.45) is -9.04. The van der Waals surface area contributed by atoms with E-state index in [2.05, 4.69) is 20.1 Å². The SMILES string of the molecule is CCCC(CO)NC(=O)NC(Cc1ccccc1)(c1cccc(OC(F)(F)F)c1)c1cccc(OC(F)(F)F)c1. The molecule has 0 saturated carbocycles. The van der Waals surface area contributed by atoms with Gasteiger partial charge in [-0.2, -0.15) is 0 Å². The molecule has 0 bridgehead atoms. The van der Waals surface area contributed by atoms with Crippen LogP contribution in [0, 0.1) is 0 Å². The maximum atomic E-state index is 13.3. The number of carbonyl (C=O) groups excluding carboxylic acids is 1. The summed E-state index contributed by atoms with van der Waals surface area (Å²) in [5, 5.41) is 15.1. The second-order valence-electron chi connectivity index (χ2n) is 8.99. The smallest absolute Gasteiger partial charge is 0.406 e. The summed E-state index contributed by atoms with van der Waals surface area (Å²) in [6, 6.07) is 16.8. The second-order valence-corrected chi connectivity index (χ2v) is 8.99. The molecule has 3 N–H and O–H groups in total. The van der Waals surface area contributed by atoms with Crippen LogP contribution in [0.5, 0.6) is 11.5 Å². The van der Waals surface area contributed by atoms with Gasteiger partial charge in [-0.1, -0.05) is 67.9 Å². The van der Waals surface area contributed by atoms with Crippen molar-refractivity contribution in [3.63, 3.8) is 0 Å². The molecule has 1 unspecified atom stereocenters. The number of amides is 2. The Balaban J connectivity index is 2.22. The van der Waals surface area contributed by atoms with E-state index in [0.29, 0.717) is 18.4 Å². The summed E-state index contributed by atoms with van der Waals surface area (Å²) in [5.74, 6) is -1.18. The standard InChI is InChI=1S/C28H28F6N2O4/c1-2-8-22(18-37)35-25(38)36-26(17-19-9-4-3-5-10-19,20-11-6-13-23(15-20)39-27(29,30)31)21-12-7-14-24(16-21)40-28(32,33)34/h3-7,9-16,22,37H,2,8,17-18H2,1H3,(H2,35,36,38). The van der Waals surface area contributed by atoms with Crippen LogP contribution < -0.4 is 20.1 Å². The largest absolute Gasteiger partial charge is 0.573 e. The minimum absolute atomic E-state index is 0.0796. The lowest BCUT2D eigenvalue weighted by Crippen LogP contribution is -2.54. The molecule has 0 heterocycles. The number of benzene rings is 3. The Bertz CT molecular complexity index is 1190. The Morgan fingerprint density at radius 2 is 1.35 bits per heavy atom. The molecule has 12 heteroatoms. The van der Waals surface area contributed by atoms with Crippen molar-refractivity contribution in [3.05, 3.63) is 95.6 Å². The Morgan fingerprint density at radius 1 is 0.825 bits per heavy atom. The molecule has 0 spiro atoms. The summed E-state index contributed by atoms with van der Waals surface area (Å²) in [5.41, 5.74) is -0.922. The zero-order chi connectivity index (χ0) is 29.4. The summed E-state index contributed by atoms with van der Waals surface area (Å²) < 4.78 is 86.6. The van der Waals surface area contributed by atoms with Gasteiger partial charge in [-0.05, 0) is 47.4 Å². The van der Waals surface area contributed by atoms with E-state index < -0.39 is 41.8 Å². The Labute approximate surface area is 226 Å². The van der Waals surface area contributed by atoms with Crippen molar-refractivity contribution in [2.75, 3.05) is 6.61 Å². The maximum absolute atomic E-state index is 13.3. The molecule has 0 aliphatic heterocycles. The Morgan fingerprint density at radius 3 is 1.80 bits per heavy atom. The van der Waals surface area contributed by atoms with E-state index in [1.165, 1.54) is 24.3 Å². The fraction of sp³-hybridized carbons (Fsp3) is 0.321. The van der Waals surface area contributed by atoms with Crippen molar-refractivity contribution in [1.82, 2.24) is 10.6 Å². The Kier molecular flexibility index (Phi) is 9.91. The first-order chi connectivity index (χ1) is 18.8. The third-order valence-electron chi connectivity index (χ3n) is 5.95. The quantitative estimate of drug-likeness (QED) is 0.232. The molecule has 6 nitrogen and oxygen atoms in total. The van der Waals surface area contributed by atoms with Gasteiger partial charge in [-0.3, -0.25) is 0 Å². The lowest BCUT2D eigenvalue weighted by Gasteiger charge is -2.37. The molecule has 216 valence electrons. The first-order valence-electron chi connectivity index (χ1n) is 12.3. The molecule has 3 rings (SSSR count). The van der Waals surface area contributed by atoms with E-state index in [-0.39, 0.29) is 24.2 Å². The first kappa shape index (κ1) is 30.6. The average molecular weight is 571 g/mol. The summed E-state index contributed by atoms with van der Waals surface area (Å²) in [7, 11) is 0. The lowest BCUT2D eigenvalue weighted by atomic mass is 9.77. The zero-order valence-electron chi connectivity index (χ0n) is 21.4. The number of halogens is 6. The molecule has 0 radical (unpaired) electrons. The topological polar surface area (TPSA) is 79.8 Å². The van der Waals surface area contributed by atoms with Gasteiger partial charge in [-0.15, -0.1) is 26.3 Å². The molecule has 0 fully saturated rings. The van der Waals surface area contributed by atoms with Crippen LogP contribution in [0.25, 0.3) is 0 Å². The molecule has 2 amide bonds. The van der Waals surface area contributed by atoms with Crippen molar-refractivity contribution in [1.29, 1.82) is 0 Å². The first-order valence-corrected chi connectivity index (χ1v) is 12.3. The number of aliphatic hydroxyl groups excluding tert-OH is 1. The van der Waals surface area contributed by atoms with Crippen LogP contribution in [-0.2, 0) is 12.0 Å². The Hall–Kier alpha value is -3.93. The van der Waals surface area contributed by atoms with E-state index in [9.17, 15) is 36.2 Å². The van der Waals surface area contributed by atoms with Gasteiger partial charge < -0.3 is 25.2 Å². The maximum Gasteiger partial charge on any atom is 0.573 e. The molecule has 3 aromatic carbocycles. The summed E-state index contributed by atoms with van der Waals surface area (Å²) >= 11 is 0. The zero-order valence-corrected chi connectivity index (χ0v) is 21.4. The number of urea groups is 1. The third kappa shape index (κ3) is 8.80. The van der Waals surface area contributed by atoms with Crippen molar-refractivity contribution in [3.8, 4) is 11.5 Å². The fourth-order valence-electron chi connectivity index (χ4n) is 4.35. The van der Waals surface area contributed by atoms with E-state index in [1.807, 2.05) is 6.92 Å². The molecule has 0 aliphatic rings. The van der Waals surface area contributed by atoms with Gasteiger partial charge in [0.15, 0.2) is 0 Å². The third-order valence-corrected chi connectivity index (χ3v) is 5.95. The number of hydrogen-bond donors (Lipinski definition) is 3. The van der Waals surface area contributed by atoms with Gasteiger partial charge in [0.25, 0.3) is 0 Å². The lowest BCUT2D eigenvalue weighted by molar-refractivity contribution is -0.275. The van der Waals surface area contributed by atoms with Gasteiger partial charge in [0.2, 0.25) is 0 Å². The molecule has 1 atom stereocenters. The van der Waals surface area contributed by atoms with Crippen molar-refractivity contribution in [2.45, 2.75) is 50.5 Å². The van der Waals surface area contributed by atoms with Crippen LogP contribution in [0.3, 0.4) is 0 Å². The molecule has 0 saturated heterocycles. The number of alkyl halides is 6. The molecule has 0 aromatic heterocycles. The number of rotatable bonds is 11. The predicted octanol–water partition coefficient (Wildman–Crippen LogP) is 6.43. The summed E-state index contributed by atoms with van der Waals surface area (Å²) in [4.78, 5) is 13.3. The van der Waals surface area contributed by atoms with Gasteiger partial charge in [0.05, 0.1) is 18.2 Å². The molecular formula is C28H28F6N2O4. The van der Waals surface area contributed by atoms with Crippen LogP contribution >= 0.6 is 0 Å². The molecule has 40 heavy (non-hydrogen) atoms. The van der Waals surface area contributed by atoms with Gasteiger partial charge in [-0.25, -0.2) is 4.79 Å². The number of ether oxygens (including phenoxy) is 2. The van der Waals surface area contributed by atoms with E-state index in [4.69, 9.17) is 0 Å². The van der Waals surface area contributed by atoms with Crippen LogP contribution in [0.1, 0.15) is 36.5 Å². The number of aliphatic hydroxyl groups is 1. The monoisotopic (exact) mass is 570 g/mol. The number of hydrogen-bond acceptors (Lipinski definition) is 4. The average Bonchev–Trinajstić information content (AvgIpc) is 2.87. The van der Waals surface area contributed by atoms with E-state index in [0.717, 1.165) is 24.3 Å². The van der Waals surface area contributed by atoms with Crippen LogP contribution in [0.15, 0.2) is 78.9 Å². The van der Waals surface area contributed by atoms with Crippen LogP contribution in [0.4, 0.5) is 31.1 Å². The minimum Gasteiger partial charge on any atom is -0.406 e. The van der Waals surface area contributed by atoms with Crippen molar-refractivity contribution in [2.24, 2.45) is 0 Å². The number of nitrogens with one attached hydrogen (secondary N) is 2. The molecule has 0 aliphatic carbocycles. The van der Waals surface area contributed by atoms with Crippen molar-refractivity contribution >= 4 is 6.03 Å². The van der Waals surface area contributed by atoms with E-state index in [1.54, 1.807) is 30.3 Å². The highest BCUT2D eigenvalue weighted by Crippen LogP contribution is 2.38. The van der Waals surface area contributed by atoms with Crippen LogP contribution in [-0.4, -0.2) is 36.5 Å². The normalized spacial score (nSPS) is 12.9. The van der Waals surface area contributed by atoms with Crippen molar-refractivity contribution < 1.29 is 45.7 Å².